The Bertz CT molecular complexity index is 1190. The number of hydrogen-bond donors (Lipinski definition) is 1. The van der Waals surface area contributed by atoms with Crippen LogP contribution in [-0.2, 0) is 6.61 Å². The van der Waals surface area contributed by atoms with E-state index >= 15 is 0 Å². The maximum absolute atomic E-state index is 13.1. The summed E-state index contributed by atoms with van der Waals surface area (Å²) in [5, 5.41) is 0.517. The van der Waals surface area contributed by atoms with Crippen molar-refractivity contribution in [1.82, 2.24) is 9.97 Å². The third-order valence-electron chi connectivity index (χ3n) is 4.36. The lowest BCUT2D eigenvalue weighted by Gasteiger charge is -2.15. The van der Waals surface area contributed by atoms with Crippen LogP contribution >= 0.6 is 0 Å². The summed E-state index contributed by atoms with van der Waals surface area (Å²) < 4.78 is 24.5. The lowest BCUT2D eigenvalue weighted by Crippen LogP contribution is -2.10. The molecule has 0 bridgehead atoms. The molecule has 140 valence electrons. The molecule has 1 N–H and O–H groups in total. The van der Waals surface area contributed by atoms with Gasteiger partial charge in [-0.05, 0) is 42.0 Å². The van der Waals surface area contributed by atoms with Crippen LogP contribution in [-0.4, -0.2) is 17.1 Å². The van der Waals surface area contributed by atoms with Crippen LogP contribution in [0.25, 0.3) is 22.3 Å². The van der Waals surface area contributed by atoms with E-state index in [0.717, 1.165) is 5.56 Å². The van der Waals surface area contributed by atoms with Gasteiger partial charge in [0.15, 0.2) is 11.5 Å². The van der Waals surface area contributed by atoms with Crippen LogP contribution in [0.5, 0.6) is 11.5 Å². The van der Waals surface area contributed by atoms with Crippen LogP contribution in [0.4, 0.5) is 4.39 Å². The summed E-state index contributed by atoms with van der Waals surface area (Å²) in [5.41, 5.74) is 1.77. The Morgan fingerprint density at radius 2 is 1.79 bits per heavy atom. The summed E-state index contributed by atoms with van der Waals surface area (Å²) in [6.45, 7) is 0.214. The Morgan fingerprint density at radius 1 is 1.00 bits per heavy atom. The van der Waals surface area contributed by atoms with Gasteiger partial charge in [-0.2, -0.15) is 0 Å². The van der Waals surface area contributed by atoms with Crippen molar-refractivity contribution in [3.63, 3.8) is 0 Å². The maximum Gasteiger partial charge on any atom is 0.259 e. The molecule has 4 rings (SSSR count). The Kier molecular flexibility index (Phi) is 4.76. The standard InChI is InChI=1S/C22H17FN2O3/c1-27-19-8-4-6-17(20(19)28-13-14-9-11-15(23)12-10-14)21-24-18-7-3-2-5-16(18)22(26)25-21/h2-12H,13H2,1H3,(H,24,25,26). The predicted molar refractivity (Wildman–Crippen MR) is 105 cm³/mol. The normalized spacial score (nSPS) is 10.8. The van der Waals surface area contributed by atoms with Gasteiger partial charge >= 0.3 is 0 Å². The van der Waals surface area contributed by atoms with E-state index in [2.05, 4.69) is 9.97 Å². The van der Waals surface area contributed by atoms with Crippen LogP contribution < -0.4 is 15.0 Å². The zero-order chi connectivity index (χ0) is 19.5. The molecule has 0 aliphatic heterocycles. The molecule has 0 atom stereocenters. The molecule has 1 aromatic heterocycles. The molecule has 0 saturated carbocycles. The van der Waals surface area contributed by atoms with Crippen molar-refractivity contribution in [3.8, 4) is 22.9 Å². The first-order valence-corrected chi connectivity index (χ1v) is 8.69. The second-order valence-corrected chi connectivity index (χ2v) is 6.18. The van der Waals surface area contributed by atoms with Gasteiger partial charge in [-0.25, -0.2) is 9.37 Å². The third kappa shape index (κ3) is 3.44. The fraction of sp³-hybridized carbons (Fsp3) is 0.0909. The molecule has 6 heteroatoms. The number of aromatic amines is 1. The smallest absolute Gasteiger partial charge is 0.259 e. The van der Waals surface area contributed by atoms with E-state index < -0.39 is 0 Å². The minimum Gasteiger partial charge on any atom is -0.493 e. The molecule has 0 radical (unpaired) electrons. The fourth-order valence-corrected chi connectivity index (χ4v) is 2.96. The number of hydrogen-bond acceptors (Lipinski definition) is 4. The maximum atomic E-state index is 13.1. The molecule has 0 spiro atoms. The van der Waals surface area contributed by atoms with E-state index in [-0.39, 0.29) is 18.0 Å². The lowest BCUT2D eigenvalue weighted by molar-refractivity contribution is 0.285. The predicted octanol–water partition coefficient (Wildman–Crippen LogP) is 4.32. The number of H-pyrrole nitrogens is 1. The van der Waals surface area contributed by atoms with E-state index in [0.29, 0.717) is 33.8 Å². The number of benzene rings is 3. The van der Waals surface area contributed by atoms with Gasteiger partial charge in [-0.15, -0.1) is 0 Å². The van der Waals surface area contributed by atoms with Gasteiger partial charge in [0.25, 0.3) is 5.56 Å². The zero-order valence-electron chi connectivity index (χ0n) is 15.1. The van der Waals surface area contributed by atoms with Gasteiger partial charge in [0.2, 0.25) is 0 Å². The first kappa shape index (κ1) is 17.7. The first-order valence-electron chi connectivity index (χ1n) is 8.69. The summed E-state index contributed by atoms with van der Waals surface area (Å²) >= 11 is 0. The SMILES string of the molecule is COc1cccc(-c2nc3ccccc3c(=O)[nH]2)c1OCc1ccc(F)cc1. The molecule has 4 aromatic rings. The Hall–Kier alpha value is -3.67. The average molecular weight is 376 g/mol. The van der Waals surface area contributed by atoms with Crippen molar-refractivity contribution < 1.29 is 13.9 Å². The van der Waals surface area contributed by atoms with Gasteiger partial charge in [-0.3, -0.25) is 4.79 Å². The molecular weight excluding hydrogens is 359 g/mol. The number of methoxy groups -OCH3 is 1. The zero-order valence-corrected chi connectivity index (χ0v) is 15.1. The lowest BCUT2D eigenvalue weighted by atomic mass is 10.1. The third-order valence-corrected chi connectivity index (χ3v) is 4.36. The number of fused-ring (bicyclic) bond motifs is 1. The van der Waals surface area contributed by atoms with Crippen LogP contribution in [0, 0.1) is 5.82 Å². The summed E-state index contributed by atoms with van der Waals surface area (Å²) in [5.74, 6) is 1.04. The van der Waals surface area contributed by atoms with E-state index in [9.17, 15) is 9.18 Å². The highest BCUT2D eigenvalue weighted by Crippen LogP contribution is 2.37. The second kappa shape index (κ2) is 7.52. The van der Waals surface area contributed by atoms with E-state index in [1.54, 1.807) is 55.6 Å². The van der Waals surface area contributed by atoms with Crippen LogP contribution in [0.15, 0.2) is 71.5 Å². The highest BCUT2D eigenvalue weighted by Gasteiger charge is 2.16. The number of ether oxygens (including phenoxy) is 2. The Morgan fingerprint density at radius 3 is 2.57 bits per heavy atom. The van der Waals surface area contributed by atoms with Crippen LogP contribution in [0.2, 0.25) is 0 Å². The Balaban J connectivity index is 1.77. The Labute approximate surface area is 160 Å². The van der Waals surface area contributed by atoms with Crippen LogP contribution in [0.1, 0.15) is 5.56 Å². The molecule has 0 amide bonds. The van der Waals surface area contributed by atoms with Crippen molar-refractivity contribution in [2.75, 3.05) is 7.11 Å². The van der Waals surface area contributed by atoms with E-state index in [1.807, 2.05) is 6.07 Å². The molecule has 0 fully saturated rings. The topological polar surface area (TPSA) is 64.2 Å². The first-order chi connectivity index (χ1) is 13.7. The van der Waals surface area contributed by atoms with Crippen molar-refractivity contribution in [1.29, 1.82) is 0 Å². The van der Waals surface area contributed by atoms with Crippen LogP contribution in [0.3, 0.4) is 0 Å². The van der Waals surface area contributed by atoms with E-state index in [4.69, 9.17) is 9.47 Å². The molecule has 5 nitrogen and oxygen atoms in total. The number of rotatable bonds is 5. The summed E-state index contributed by atoms with van der Waals surface area (Å²) in [7, 11) is 1.54. The van der Waals surface area contributed by atoms with Crippen molar-refractivity contribution in [2.45, 2.75) is 6.61 Å². The number of halogens is 1. The van der Waals surface area contributed by atoms with Gasteiger partial charge in [-0.1, -0.05) is 30.3 Å². The van der Waals surface area contributed by atoms with Crippen molar-refractivity contribution >= 4 is 10.9 Å². The monoisotopic (exact) mass is 376 g/mol. The average Bonchev–Trinajstić information content (AvgIpc) is 2.73. The van der Waals surface area contributed by atoms with Gasteiger partial charge in [0.05, 0.1) is 23.6 Å². The molecule has 1 heterocycles. The number of nitrogens with one attached hydrogen (secondary N) is 1. The molecule has 0 aliphatic carbocycles. The highest BCUT2D eigenvalue weighted by molar-refractivity contribution is 5.80. The molecule has 0 saturated heterocycles. The molecule has 3 aromatic carbocycles. The summed E-state index contributed by atoms with van der Waals surface area (Å²) in [6.07, 6.45) is 0. The quantitative estimate of drug-likeness (QED) is 0.564. The summed E-state index contributed by atoms with van der Waals surface area (Å²) in [6, 6.07) is 18.6. The minimum absolute atomic E-state index is 0.214. The highest BCUT2D eigenvalue weighted by atomic mass is 19.1. The van der Waals surface area contributed by atoms with Crippen molar-refractivity contribution in [2.24, 2.45) is 0 Å². The molecule has 0 aliphatic rings. The second-order valence-electron chi connectivity index (χ2n) is 6.18. The van der Waals surface area contributed by atoms with Gasteiger partial charge < -0.3 is 14.5 Å². The summed E-state index contributed by atoms with van der Waals surface area (Å²) in [4.78, 5) is 19.8. The number of nitrogens with zero attached hydrogens (tertiary/aromatic N) is 1. The molecular formula is C22H17FN2O3. The van der Waals surface area contributed by atoms with Gasteiger partial charge in [0, 0.05) is 0 Å². The minimum atomic E-state index is -0.306. The van der Waals surface area contributed by atoms with Crippen molar-refractivity contribution in [3.05, 3.63) is 88.5 Å². The molecule has 0 unspecified atom stereocenters. The largest absolute Gasteiger partial charge is 0.493 e. The molecule has 28 heavy (non-hydrogen) atoms. The van der Waals surface area contributed by atoms with E-state index in [1.165, 1.54) is 12.1 Å². The fourth-order valence-electron chi connectivity index (χ4n) is 2.96. The number of para-hydroxylation sites is 2. The van der Waals surface area contributed by atoms with Gasteiger partial charge in [0.1, 0.15) is 18.2 Å². The number of aromatic nitrogens is 2.